The number of oxime groups is 1. The van der Waals surface area contributed by atoms with Gasteiger partial charge >= 0.3 is 0 Å². The van der Waals surface area contributed by atoms with E-state index < -0.39 is 0 Å². The number of nitrogens with zero attached hydrogens (tertiary/aromatic N) is 3. The number of amidine groups is 1. The highest BCUT2D eigenvalue weighted by atomic mass is 16.4. The first kappa shape index (κ1) is 12.7. The summed E-state index contributed by atoms with van der Waals surface area (Å²) in [5.74, 6) is 2.20. The van der Waals surface area contributed by atoms with Gasteiger partial charge in [0, 0.05) is 18.8 Å². The molecule has 0 bridgehead atoms. The Hall–Kier alpha value is -1.78. The minimum absolute atomic E-state index is 0.115. The zero-order valence-corrected chi connectivity index (χ0v) is 11.1. The zero-order chi connectivity index (χ0) is 13.3. The summed E-state index contributed by atoms with van der Waals surface area (Å²) in [4.78, 5) is 6.76. The Morgan fingerprint density at radius 2 is 2.00 bits per heavy atom. The number of hydrogen-bond acceptors (Lipinski definition) is 4. The van der Waals surface area contributed by atoms with Crippen LogP contribution in [0.1, 0.15) is 25.1 Å². The fourth-order valence-corrected chi connectivity index (χ4v) is 2.34. The second-order valence-corrected chi connectivity index (χ2v) is 5.17. The molecule has 2 rings (SSSR count). The second-order valence-electron chi connectivity index (χ2n) is 5.17. The van der Waals surface area contributed by atoms with Gasteiger partial charge in [0.15, 0.2) is 5.84 Å². The predicted molar refractivity (Wildman–Crippen MR) is 72.0 cm³/mol. The molecule has 5 heteroatoms. The molecule has 0 spiro atoms. The molecule has 5 nitrogen and oxygen atoms in total. The number of hydrogen-bond donors (Lipinski definition) is 2. The smallest absolute Gasteiger partial charge is 0.173 e. The van der Waals surface area contributed by atoms with Crippen molar-refractivity contribution in [2.75, 3.05) is 18.0 Å². The van der Waals surface area contributed by atoms with E-state index in [9.17, 15) is 0 Å². The molecule has 2 heterocycles. The average Bonchev–Trinajstić information content (AvgIpc) is 2.68. The van der Waals surface area contributed by atoms with E-state index in [0.717, 1.165) is 24.6 Å². The molecule has 2 unspecified atom stereocenters. The van der Waals surface area contributed by atoms with Crippen LogP contribution in [0.5, 0.6) is 0 Å². The Morgan fingerprint density at radius 3 is 2.56 bits per heavy atom. The lowest BCUT2D eigenvalue weighted by Crippen LogP contribution is -2.26. The first-order valence-corrected chi connectivity index (χ1v) is 6.23. The molecule has 1 aliphatic heterocycles. The zero-order valence-electron chi connectivity index (χ0n) is 11.1. The molecule has 0 saturated carbocycles. The van der Waals surface area contributed by atoms with Gasteiger partial charge in [-0.1, -0.05) is 19.0 Å². The minimum Gasteiger partial charge on any atom is -0.409 e. The van der Waals surface area contributed by atoms with E-state index in [1.54, 1.807) is 0 Å². The predicted octanol–water partition coefficient (Wildman–Crippen LogP) is 1.58. The Bertz CT molecular complexity index is 462. The summed E-state index contributed by atoms with van der Waals surface area (Å²) >= 11 is 0. The van der Waals surface area contributed by atoms with E-state index in [1.807, 2.05) is 19.1 Å². The summed E-state index contributed by atoms with van der Waals surface area (Å²) in [5, 5.41) is 11.9. The molecule has 1 saturated heterocycles. The number of anilines is 1. The Kier molecular flexibility index (Phi) is 3.41. The number of aryl methyl sites for hydroxylation is 1. The summed E-state index contributed by atoms with van der Waals surface area (Å²) in [7, 11) is 0. The Balaban J connectivity index is 2.40. The summed E-state index contributed by atoms with van der Waals surface area (Å²) in [6.07, 6.45) is 0. The van der Waals surface area contributed by atoms with E-state index >= 15 is 0 Å². The fourth-order valence-electron chi connectivity index (χ4n) is 2.34. The van der Waals surface area contributed by atoms with E-state index in [1.165, 1.54) is 0 Å². The monoisotopic (exact) mass is 248 g/mol. The largest absolute Gasteiger partial charge is 0.409 e. The van der Waals surface area contributed by atoms with E-state index in [2.05, 4.69) is 28.9 Å². The third kappa shape index (κ3) is 2.25. The van der Waals surface area contributed by atoms with Gasteiger partial charge in [-0.05, 0) is 30.9 Å². The molecular formula is C13H20N4O. The van der Waals surface area contributed by atoms with Gasteiger partial charge in [0.2, 0.25) is 0 Å². The highest BCUT2D eigenvalue weighted by Crippen LogP contribution is 2.28. The van der Waals surface area contributed by atoms with E-state index in [0.29, 0.717) is 17.4 Å². The van der Waals surface area contributed by atoms with Crippen molar-refractivity contribution in [3.05, 3.63) is 23.4 Å². The molecule has 0 radical (unpaired) electrons. The van der Waals surface area contributed by atoms with Gasteiger partial charge in [-0.2, -0.15) is 0 Å². The third-order valence-corrected chi connectivity index (χ3v) is 3.69. The van der Waals surface area contributed by atoms with Crippen LogP contribution in [0.3, 0.4) is 0 Å². The highest BCUT2D eigenvalue weighted by Gasteiger charge is 2.28. The first-order valence-electron chi connectivity index (χ1n) is 6.23. The Labute approximate surface area is 107 Å². The lowest BCUT2D eigenvalue weighted by molar-refractivity contribution is 0.318. The maximum atomic E-state index is 8.85. The highest BCUT2D eigenvalue weighted by molar-refractivity contribution is 6.01. The number of aromatic nitrogens is 1. The molecule has 0 aromatic carbocycles. The maximum Gasteiger partial charge on any atom is 0.173 e. The van der Waals surface area contributed by atoms with Crippen LogP contribution in [0.15, 0.2) is 17.3 Å². The van der Waals surface area contributed by atoms with Crippen molar-refractivity contribution in [2.45, 2.75) is 20.8 Å². The molecule has 2 atom stereocenters. The lowest BCUT2D eigenvalue weighted by atomic mass is 10.0. The quantitative estimate of drug-likeness (QED) is 0.360. The van der Waals surface area contributed by atoms with Gasteiger partial charge in [-0.15, -0.1) is 0 Å². The molecule has 18 heavy (non-hydrogen) atoms. The normalized spacial score (nSPS) is 24.6. The van der Waals surface area contributed by atoms with Crippen molar-refractivity contribution < 1.29 is 5.21 Å². The lowest BCUT2D eigenvalue weighted by Gasteiger charge is -2.20. The van der Waals surface area contributed by atoms with Crippen LogP contribution >= 0.6 is 0 Å². The van der Waals surface area contributed by atoms with Crippen molar-refractivity contribution >= 4 is 11.7 Å². The van der Waals surface area contributed by atoms with Gasteiger partial charge in [0.05, 0.1) is 5.56 Å². The van der Waals surface area contributed by atoms with Crippen LogP contribution in [0.25, 0.3) is 0 Å². The van der Waals surface area contributed by atoms with E-state index in [-0.39, 0.29) is 5.84 Å². The van der Waals surface area contributed by atoms with Crippen LogP contribution in [0.4, 0.5) is 5.82 Å². The maximum absolute atomic E-state index is 8.85. The van der Waals surface area contributed by atoms with Gasteiger partial charge < -0.3 is 15.8 Å². The van der Waals surface area contributed by atoms with Gasteiger partial charge in [0.1, 0.15) is 5.82 Å². The molecule has 98 valence electrons. The molecule has 0 aliphatic carbocycles. The van der Waals surface area contributed by atoms with Crippen LogP contribution in [-0.2, 0) is 0 Å². The SMILES string of the molecule is Cc1ccc(C(N)=NO)c(N2CC(C)C(C)C2)n1. The second kappa shape index (κ2) is 4.84. The van der Waals surface area contributed by atoms with Crippen LogP contribution in [-0.4, -0.2) is 29.1 Å². The van der Waals surface area contributed by atoms with Gasteiger partial charge in [-0.25, -0.2) is 4.98 Å². The summed E-state index contributed by atoms with van der Waals surface area (Å²) in [5.41, 5.74) is 7.35. The van der Waals surface area contributed by atoms with Gasteiger partial charge in [0.25, 0.3) is 0 Å². The number of rotatable bonds is 2. The third-order valence-electron chi connectivity index (χ3n) is 3.69. The van der Waals surface area contributed by atoms with Crippen molar-refractivity contribution in [1.29, 1.82) is 0 Å². The summed E-state index contributed by atoms with van der Waals surface area (Å²) in [6, 6.07) is 3.74. The van der Waals surface area contributed by atoms with Crippen LogP contribution in [0.2, 0.25) is 0 Å². The summed E-state index contributed by atoms with van der Waals surface area (Å²) < 4.78 is 0. The molecule has 3 N–H and O–H groups in total. The average molecular weight is 248 g/mol. The molecule has 0 amide bonds. The standard InChI is InChI=1S/C13H20N4O/c1-8-6-17(7-9(8)2)13-11(12(14)16-18)5-4-10(3)15-13/h4-5,8-9,18H,6-7H2,1-3H3,(H2,14,16). The fraction of sp³-hybridized carbons (Fsp3) is 0.538. The molecule has 1 aromatic rings. The minimum atomic E-state index is 0.115. The van der Waals surface area contributed by atoms with Crippen molar-refractivity contribution in [2.24, 2.45) is 22.7 Å². The number of pyridine rings is 1. The van der Waals surface area contributed by atoms with Gasteiger partial charge in [-0.3, -0.25) is 0 Å². The topological polar surface area (TPSA) is 74.7 Å². The first-order chi connectivity index (χ1) is 8.52. The van der Waals surface area contributed by atoms with Crippen molar-refractivity contribution in [3.8, 4) is 0 Å². The molecular weight excluding hydrogens is 228 g/mol. The van der Waals surface area contributed by atoms with E-state index in [4.69, 9.17) is 10.9 Å². The molecule has 1 aliphatic rings. The van der Waals surface area contributed by atoms with Crippen LogP contribution < -0.4 is 10.6 Å². The van der Waals surface area contributed by atoms with Crippen molar-refractivity contribution in [3.63, 3.8) is 0 Å². The summed E-state index contributed by atoms with van der Waals surface area (Å²) in [6.45, 7) is 8.35. The molecule has 1 fully saturated rings. The molecule has 1 aromatic heterocycles. The van der Waals surface area contributed by atoms with Crippen molar-refractivity contribution in [1.82, 2.24) is 4.98 Å². The van der Waals surface area contributed by atoms with Crippen LogP contribution in [0, 0.1) is 18.8 Å². The Morgan fingerprint density at radius 1 is 1.39 bits per heavy atom. The number of nitrogens with two attached hydrogens (primary N) is 1.